The summed E-state index contributed by atoms with van der Waals surface area (Å²) in [5, 5.41) is 15.3. The highest BCUT2D eigenvalue weighted by Crippen LogP contribution is 2.44. The molecule has 5 rings (SSSR count). The number of hydrogen-bond donors (Lipinski definition) is 2. The average molecular weight is 431 g/mol. The molecule has 0 radical (unpaired) electrons. The number of carbonyl (C=O) groups is 2. The number of likely N-dealkylation sites (tertiary alicyclic amines) is 1. The Labute approximate surface area is 186 Å². The van der Waals surface area contributed by atoms with Crippen LogP contribution >= 0.6 is 0 Å². The Hall–Kier alpha value is -3.32. The van der Waals surface area contributed by atoms with Crippen LogP contribution in [0.25, 0.3) is 10.8 Å². The number of benzene rings is 1. The maximum atomic E-state index is 13.1. The van der Waals surface area contributed by atoms with Gasteiger partial charge in [-0.15, -0.1) is 0 Å². The number of aromatic nitrogens is 2. The van der Waals surface area contributed by atoms with E-state index in [2.05, 4.69) is 15.3 Å². The lowest BCUT2D eigenvalue weighted by atomic mass is 9.70. The SMILES string of the molecule is CCC1C(=O)Nc2nccc(C3(CO)CCN(C(=O)c4cc5ccccc5cn4)CC3)c21. The minimum atomic E-state index is -0.500. The number of pyridine rings is 2. The standard InChI is InChI=1S/C25H26N4O3/c1-2-18-21-19(7-10-26-22(21)28-23(18)31)25(15-30)8-11-29(12-9-25)24(32)20-13-16-5-3-4-6-17(16)14-27-20/h3-7,10,13-14,18,30H,2,8-9,11-12,15H2,1H3,(H,26,28,31). The van der Waals surface area contributed by atoms with E-state index >= 15 is 0 Å². The summed E-state index contributed by atoms with van der Waals surface area (Å²) >= 11 is 0. The van der Waals surface area contributed by atoms with Crippen LogP contribution in [0.5, 0.6) is 0 Å². The van der Waals surface area contributed by atoms with Gasteiger partial charge in [0, 0.05) is 41.8 Å². The van der Waals surface area contributed by atoms with Gasteiger partial charge in [-0.05, 0) is 42.3 Å². The molecule has 2 amide bonds. The summed E-state index contributed by atoms with van der Waals surface area (Å²) in [7, 11) is 0. The number of hydrogen-bond acceptors (Lipinski definition) is 5. The minimum absolute atomic E-state index is 0.0365. The van der Waals surface area contributed by atoms with E-state index in [-0.39, 0.29) is 24.3 Å². The number of fused-ring (bicyclic) bond motifs is 2. The lowest BCUT2D eigenvalue weighted by Gasteiger charge is -2.42. The Bertz CT molecular complexity index is 1200. The second kappa shape index (κ2) is 7.98. The van der Waals surface area contributed by atoms with Crippen molar-refractivity contribution in [3.63, 3.8) is 0 Å². The largest absolute Gasteiger partial charge is 0.395 e. The Morgan fingerprint density at radius 2 is 1.94 bits per heavy atom. The van der Waals surface area contributed by atoms with E-state index in [1.165, 1.54) is 0 Å². The highest BCUT2D eigenvalue weighted by molar-refractivity contribution is 6.02. The molecule has 1 atom stereocenters. The number of nitrogens with zero attached hydrogens (tertiary/aromatic N) is 3. The second-order valence-corrected chi connectivity index (χ2v) is 8.72. The van der Waals surface area contributed by atoms with E-state index in [1.54, 1.807) is 12.4 Å². The predicted molar refractivity (Wildman–Crippen MR) is 122 cm³/mol. The number of rotatable bonds is 4. The predicted octanol–water partition coefficient (Wildman–Crippen LogP) is 3.24. The molecule has 0 saturated carbocycles. The van der Waals surface area contributed by atoms with Crippen molar-refractivity contribution in [1.29, 1.82) is 0 Å². The molecule has 2 aliphatic rings. The van der Waals surface area contributed by atoms with Gasteiger partial charge in [0.25, 0.3) is 5.91 Å². The molecule has 4 heterocycles. The summed E-state index contributed by atoms with van der Waals surface area (Å²) in [5.41, 5.74) is 1.82. The van der Waals surface area contributed by atoms with Crippen molar-refractivity contribution in [2.24, 2.45) is 0 Å². The Morgan fingerprint density at radius 3 is 2.66 bits per heavy atom. The van der Waals surface area contributed by atoms with Gasteiger partial charge in [-0.25, -0.2) is 4.98 Å². The van der Waals surface area contributed by atoms with Crippen LogP contribution in [0.3, 0.4) is 0 Å². The van der Waals surface area contributed by atoms with Crippen molar-refractivity contribution in [3.05, 3.63) is 65.6 Å². The molecule has 2 aromatic heterocycles. The van der Waals surface area contributed by atoms with Gasteiger partial charge in [0.05, 0.1) is 12.5 Å². The normalized spacial score (nSPS) is 19.6. The number of aliphatic hydroxyl groups is 1. The number of amides is 2. The third-order valence-electron chi connectivity index (χ3n) is 7.04. The zero-order chi connectivity index (χ0) is 22.3. The molecule has 7 heteroatoms. The van der Waals surface area contributed by atoms with Crippen molar-refractivity contribution < 1.29 is 14.7 Å². The van der Waals surface area contributed by atoms with Gasteiger partial charge in [0.2, 0.25) is 5.91 Å². The van der Waals surface area contributed by atoms with Gasteiger partial charge in [-0.1, -0.05) is 31.2 Å². The maximum absolute atomic E-state index is 13.1. The summed E-state index contributed by atoms with van der Waals surface area (Å²) < 4.78 is 0. The van der Waals surface area contributed by atoms with Crippen LogP contribution in [0, 0.1) is 0 Å². The fourth-order valence-electron chi connectivity index (χ4n) is 5.13. The number of piperidine rings is 1. The smallest absolute Gasteiger partial charge is 0.272 e. The monoisotopic (exact) mass is 430 g/mol. The average Bonchev–Trinajstić information content (AvgIpc) is 3.18. The van der Waals surface area contributed by atoms with Gasteiger partial charge in [-0.2, -0.15) is 0 Å². The molecule has 0 aliphatic carbocycles. The van der Waals surface area contributed by atoms with Gasteiger partial charge < -0.3 is 15.3 Å². The maximum Gasteiger partial charge on any atom is 0.272 e. The van der Waals surface area contributed by atoms with Crippen LogP contribution in [0.2, 0.25) is 0 Å². The summed E-state index contributed by atoms with van der Waals surface area (Å²) in [5.74, 6) is 0.223. The highest BCUT2D eigenvalue weighted by atomic mass is 16.3. The lowest BCUT2D eigenvalue weighted by Crippen LogP contribution is -2.47. The molecule has 164 valence electrons. The Kier molecular flexibility index (Phi) is 5.13. The molecule has 3 aromatic rings. The quantitative estimate of drug-likeness (QED) is 0.663. The summed E-state index contributed by atoms with van der Waals surface area (Å²) in [6.45, 7) is 2.98. The van der Waals surface area contributed by atoms with Crippen LogP contribution < -0.4 is 5.32 Å². The van der Waals surface area contributed by atoms with E-state index in [1.807, 2.05) is 48.2 Å². The van der Waals surface area contributed by atoms with Crippen molar-refractivity contribution in [1.82, 2.24) is 14.9 Å². The van der Waals surface area contributed by atoms with E-state index in [0.717, 1.165) is 21.9 Å². The van der Waals surface area contributed by atoms with Crippen molar-refractivity contribution in [2.75, 3.05) is 25.0 Å². The Balaban J connectivity index is 1.40. The summed E-state index contributed by atoms with van der Waals surface area (Å²) in [6.07, 6.45) is 5.34. The highest BCUT2D eigenvalue weighted by Gasteiger charge is 2.43. The van der Waals surface area contributed by atoms with Crippen LogP contribution in [-0.2, 0) is 10.2 Å². The van der Waals surface area contributed by atoms with Crippen molar-refractivity contribution in [2.45, 2.75) is 37.5 Å². The molecule has 2 N–H and O–H groups in total. The molecule has 1 saturated heterocycles. The summed E-state index contributed by atoms with van der Waals surface area (Å²) in [6, 6.07) is 11.6. The number of carbonyl (C=O) groups excluding carboxylic acids is 2. The first kappa shape index (κ1) is 20.6. The zero-order valence-corrected chi connectivity index (χ0v) is 18.0. The van der Waals surface area contributed by atoms with Gasteiger partial charge in [0.15, 0.2) is 0 Å². The molecular formula is C25H26N4O3. The molecule has 7 nitrogen and oxygen atoms in total. The molecule has 2 aliphatic heterocycles. The molecule has 0 bridgehead atoms. The molecular weight excluding hydrogens is 404 g/mol. The van der Waals surface area contributed by atoms with Crippen LogP contribution in [0.4, 0.5) is 5.82 Å². The molecule has 32 heavy (non-hydrogen) atoms. The molecule has 0 spiro atoms. The first-order valence-corrected chi connectivity index (χ1v) is 11.1. The van der Waals surface area contributed by atoms with E-state index in [9.17, 15) is 14.7 Å². The number of nitrogens with one attached hydrogen (secondary N) is 1. The van der Waals surface area contributed by atoms with Gasteiger partial charge >= 0.3 is 0 Å². The lowest BCUT2D eigenvalue weighted by molar-refractivity contribution is -0.117. The van der Waals surface area contributed by atoms with Crippen molar-refractivity contribution in [3.8, 4) is 0 Å². The summed E-state index contributed by atoms with van der Waals surface area (Å²) in [4.78, 5) is 36.1. The minimum Gasteiger partial charge on any atom is -0.395 e. The fraction of sp³-hybridized carbons (Fsp3) is 0.360. The first-order valence-electron chi connectivity index (χ1n) is 11.1. The van der Waals surface area contributed by atoms with Crippen molar-refractivity contribution >= 4 is 28.4 Å². The number of anilines is 1. The van der Waals surface area contributed by atoms with E-state index in [0.29, 0.717) is 43.9 Å². The third-order valence-corrected chi connectivity index (χ3v) is 7.04. The zero-order valence-electron chi connectivity index (χ0n) is 18.0. The molecule has 1 aromatic carbocycles. The van der Waals surface area contributed by atoms with Crippen LogP contribution in [0.1, 0.15) is 53.7 Å². The first-order chi connectivity index (χ1) is 15.6. The number of aliphatic hydroxyl groups excluding tert-OH is 1. The Morgan fingerprint density at radius 1 is 1.19 bits per heavy atom. The second-order valence-electron chi connectivity index (χ2n) is 8.72. The van der Waals surface area contributed by atoms with Crippen LogP contribution in [-0.4, -0.2) is 51.5 Å². The molecule has 1 unspecified atom stereocenters. The molecule has 1 fully saturated rings. The van der Waals surface area contributed by atoms with Gasteiger partial charge in [0.1, 0.15) is 11.5 Å². The fourth-order valence-corrected chi connectivity index (χ4v) is 5.13. The third kappa shape index (κ3) is 3.24. The van der Waals surface area contributed by atoms with E-state index in [4.69, 9.17) is 0 Å². The van der Waals surface area contributed by atoms with E-state index < -0.39 is 5.41 Å². The topological polar surface area (TPSA) is 95.4 Å². The van der Waals surface area contributed by atoms with Crippen LogP contribution in [0.15, 0.2) is 48.8 Å². The van der Waals surface area contributed by atoms with Gasteiger partial charge in [-0.3, -0.25) is 14.6 Å².